The summed E-state index contributed by atoms with van der Waals surface area (Å²) in [6.45, 7) is 2.29. The third-order valence-electron chi connectivity index (χ3n) is 1.39. The lowest BCUT2D eigenvalue weighted by molar-refractivity contribution is -0.117. The number of Topliss-reactive ketones (excluding diaryl/α,β-unsaturated/α-hetero) is 1. The summed E-state index contributed by atoms with van der Waals surface area (Å²) in [5.74, 6) is 0.478. The lowest BCUT2D eigenvalue weighted by Gasteiger charge is -2.10. The lowest BCUT2D eigenvalue weighted by atomic mass is 10.1. The Kier molecular flexibility index (Phi) is 4.19. The SMILES string of the molecule is [2H]CC(CNC(N)=NC)CC(C)=O. The molecular formula is C8H17N3O. The monoisotopic (exact) mass is 172 g/mol. The molecule has 0 saturated carbocycles. The molecule has 0 aliphatic carbocycles. The number of carbonyl (C=O) groups is 1. The molecular weight excluding hydrogens is 154 g/mol. The van der Waals surface area contributed by atoms with Gasteiger partial charge in [-0.3, -0.25) is 4.99 Å². The van der Waals surface area contributed by atoms with Gasteiger partial charge in [0.25, 0.3) is 0 Å². The van der Waals surface area contributed by atoms with Gasteiger partial charge in [-0.2, -0.15) is 0 Å². The molecule has 12 heavy (non-hydrogen) atoms. The highest BCUT2D eigenvalue weighted by Crippen LogP contribution is 1.99. The summed E-state index contributed by atoms with van der Waals surface area (Å²) in [6, 6.07) is 0. The van der Waals surface area contributed by atoms with Crippen LogP contribution >= 0.6 is 0 Å². The van der Waals surface area contributed by atoms with Crippen LogP contribution in [0.15, 0.2) is 4.99 Å². The number of aliphatic imine (C=N–C) groups is 1. The first kappa shape index (κ1) is 9.03. The van der Waals surface area contributed by atoms with Crippen LogP contribution in [0.3, 0.4) is 0 Å². The van der Waals surface area contributed by atoms with Gasteiger partial charge in [-0.05, 0) is 12.8 Å². The molecule has 0 bridgehead atoms. The second kappa shape index (κ2) is 5.57. The van der Waals surface area contributed by atoms with Gasteiger partial charge in [-0.1, -0.05) is 6.90 Å². The van der Waals surface area contributed by atoms with E-state index in [-0.39, 0.29) is 18.6 Å². The number of ketones is 1. The van der Waals surface area contributed by atoms with E-state index >= 15 is 0 Å². The molecule has 3 N–H and O–H groups in total. The Hall–Kier alpha value is -1.06. The van der Waals surface area contributed by atoms with Crippen molar-refractivity contribution in [3.63, 3.8) is 0 Å². The molecule has 4 heteroatoms. The summed E-state index contributed by atoms with van der Waals surface area (Å²) in [4.78, 5) is 14.5. The third kappa shape index (κ3) is 5.70. The number of nitrogens with one attached hydrogen (secondary N) is 1. The topological polar surface area (TPSA) is 67.5 Å². The summed E-state index contributed by atoms with van der Waals surface area (Å²) in [5.41, 5.74) is 5.40. The maximum Gasteiger partial charge on any atom is 0.188 e. The Morgan fingerprint density at radius 3 is 2.92 bits per heavy atom. The van der Waals surface area contributed by atoms with Crippen LogP contribution in [0.5, 0.6) is 0 Å². The minimum atomic E-state index is 0.0257. The van der Waals surface area contributed by atoms with Gasteiger partial charge < -0.3 is 15.8 Å². The number of hydrogen-bond acceptors (Lipinski definition) is 2. The van der Waals surface area contributed by atoms with E-state index in [9.17, 15) is 4.79 Å². The van der Waals surface area contributed by atoms with Gasteiger partial charge in [0, 0.05) is 21.4 Å². The summed E-state index contributed by atoms with van der Waals surface area (Å²) < 4.78 is 7.18. The quantitative estimate of drug-likeness (QED) is 0.468. The predicted molar refractivity (Wildman–Crippen MR) is 50.0 cm³/mol. The van der Waals surface area contributed by atoms with E-state index in [0.29, 0.717) is 18.9 Å². The highest BCUT2D eigenvalue weighted by atomic mass is 16.1. The zero-order chi connectivity index (χ0) is 10.3. The van der Waals surface area contributed by atoms with Crippen LogP contribution in [0, 0.1) is 5.92 Å². The van der Waals surface area contributed by atoms with Gasteiger partial charge in [-0.25, -0.2) is 0 Å². The molecule has 0 fully saturated rings. The molecule has 0 rings (SSSR count). The van der Waals surface area contributed by atoms with Crippen LogP contribution in [0.4, 0.5) is 0 Å². The number of nitrogens with zero attached hydrogens (tertiary/aromatic N) is 1. The Labute approximate surface area is 74.6 Å². The van der Waals surface area contributed by atoms with E-state index < -0.39 is 0 Å². The standard InChI is InChI=1S/C8H17N3O/c1-6(4-7(2)12)5-11-8(9)10-3/h6H,4-5H2,1-3H3,(H3,9,10,11)/i1D. The smallest absolute Gasteiger partial charge is 0.188 e. The number of carbonyl (C=O) groups excluding carboxylic acids is 1. The summed E-state index contributed by atoms with van der Waals surface area (Å²) >= 11 is 0. The Morgan fingerprint density at radius 2 is 2.50 bits per heavy atom. The first-order valence-electron chi connectivity index (χ1n) is 4.55. The zero-order valence-electron chi connectivity index (χ0n) is 8.63. The number of hydrogen-bond donors (Lipinski definition) is 2. The van der Waals surface area contributed by atoms with E-state index in [4.69, 9.17) is 7.10 Å². The van der Waals surface area contributed by atoms with Crippen molar-refractivity contribution in [1.82, 2.24) is 5.32 Å². The molecule has 1 unspecified atom stereocenters. The van der Waals surface area contributed by atoms with Crippen molar-refractivity contribution < 1.29 is 6.17 Å². The van der Waals surface area contributed by atoms with Gasteiger partial charge >= 0.3 is 0 Å². The van der Waals surface area contributed by atoms with Crippen LogP contribution in [0.25, 0.3) is 0 Å². The van der Waals surface area contributed by atoms with E-state index in [2.05, 4.69) is 10.3 Å². The van der Waals surface area contributed by atoms with Crippen molar-refractivity contribution in [1.29, 1.82) is 0 Å². The molecule has 1 atom stereocenters. The van der Waals surface area contributed by atoms with E-state index in [1.165, 1.54) is 6.92 Å². The van der Waals surface area contributed by atoms with Crippen LogP contribution < -0.4 is 11.1 Å². The Bertz CT molecular complexity index is 194. The number of guanidine groups is 1. The number of nitrogens with two attached hydrogens (primary N) is 1. The molecule has 0 radical (unpaired) electrons. The molecule has 0 aromatic carbocycles. The summed E-state index contributed by atoms with van der Waals surface area (Å²) in [5, 5.41) is 2.84. The Morgan fingerprint density at radius 1 is 1.83 bits per heavy atom. The van der Waals surface area contributed by atoms with Crippen molar-refractivity contribution in [3.8, 4) is 0 Å². The van der Waals surface area contributed by atoms with Gasteiger partial charge in [-0.15, -0.1) is 0 Å². The molecule has 0 aliphatic rings. The maximum atomic E-state index is 10.8. The van der Waals surface area contributed by atoms with Gasteiger partial charge in [0.15, 0.2) is 5.96 Å². The first-order valence-corrected chi connectivity index (χ1v) is 3.85. The molecule has 0 heterocycles. The maximum absolute atomic E-state index is 10.8. The molecule has 4 nitrogen and oxygen atoms in total. The molecule has 0 aromatic rings. The largest absolute Gasteiger partial charge is 0.370 e. The van der Waals surface area contributed by atoms with Crippen molar-refractivity contribution in [3.05, 3.63) is 0 Å². The molecule has 0 saturated heterocycles. The van der Waals surface area contributed by atoms with E-state index in [0.717, 1.165) is 0 Å². The molecule has 70 valence electrons. The third-order valence-corrected chi connectivity index (χ3v) is 1.39. The average molecular weight is 172 g/mol. The van der Waals surface area contributed by atoms with Crippen LogP contribution in [-0.4, -0.2) is 25.3 Å². The van der Waals surface area contributed by atoms with Crippen molar-refractivity contribution in [2.75, 3.05) is 13.6 Å². The highest BCUT2D eigenvalue weighted by molar-refractivity contribution is 5.78. The van der Waals surface area contributed by atoms with Gasteiger partial charge in [0.1, 0.15) is 5.78 Å². The van der Waals surface area contributed by atoms with Crippen LogP contribution in [0.1, 0.15) is 21.6 Å². The zero-order valence-corrected chi connectivity index (χ0v) is 7.63. The van der Waals surface area contributed by atoms with Crippen LogP contribution in [0.2, 0.25) is 0 Å². The van der Waals surface area contributed by atoms with E-state index in [1.807, 2.05) is 0 Å². The fourth-order valence-corrected chi connectivity index (χ4v) is 0.807. The second-order valence-electron chi connectivity index (χ2n) is 2.76. The van der Waals surface area contributed by atoms with Crippen molar-refractivity contribution in [2.24, 2.45) is 16.6 Å². The number of rotatable bonds is 4. The summed E-state index contributed by atoms with van der Waals surface area (Å²) in [7, 11) is 1.59. The minimum absolute atomic E-state index is 0.0257. The molecule has 0 amide bonds. The van der Waals surface area contributed by atoms with Gasteiger partial charge in [0.05, 0.1) is 0 Å². The predicted octanol–water partition coefficient (Wildman–Crippen LogP) is 0.136. The lowest BCUT2D eigenvalue weighted by Crippen LogP contribution is -2.35. The van der Waals surface area contributed by atoms with Crippen molar-refractivity contribution in [2.45, 2.75) is 20.2 Å². The minimum Gasteiger partial charge on any atom is -0.370 e. The first-order chi connectivity index (χ1) is 6.10. The fourth-order valence-electron chi connectivity index (χ4n) is 0.807. The molecule has 0 aliphatic heterocycles. The highest BCUT2D eigenvalue weighted by Gasteiger charge is 2.04. The average Bonchev–Trinajstić information content (AvgIpc) is 2.10. The van der Waals surface area contributed by atoms with E-state index in [1.54, 1.807) is 7.05 Å². The summed E-state index contributed by atoms with van der Waals surface area (Å²) in [6.07, 6.45) is 0.424. The molecule has 0 aromatic heterocycles. The van der Waals surface area contributed by atoms with Crippen LogP contribution in [-0.2, 0) is 4.79 Å². The normalized spacial score (nSPS) is 15.2. The fraction of sp³-hybridized carbons (Fsp3) is 0.750. The van der Waals surface area contributed by atoms with Gasteiger partial charge in [0.2, 0.25) is 0 Å². The Balaban J connectivity index is 3.78. The molecule has 0 spiro atoms. The second-order valence-corrected chi connectivity index (χ2v) is 2.76. The van der Waals surface area contributed by atoms with Crippen molar-refractivity contribution >= 4 is 11.7 Å².